The third-order valence-corrected chi connectivity index (χ3v) is 12.1. The first-order chi connectivity index (χ1) is 30.2. The summed E-state index contributed by atoms with van der Waals surface area (Å²) < 4.78 is 12.7. The molecule has 2 aromatic heterocycles. The number of hydrogen-bond donors (Lipinski definition) is 0. The van der Waals surface area contributed by atoms with E-state index in [1.54, 1.807) is 0 Å². The van der Waals surface area contributed by atoms with Gasteiger partial charge in [0.2, 0.25) is 0 Å². The average molecular weight is 780 g/mol. The molecule has 0 amide bonds. The van der Waals surface area contributed by atoms with Crippen molar-refractivity contribution in [3.05, 3.63) is 224 Å². The Morgan fingerprint density at radius 3 is 1.62 bits per heavy atom. The maximum absolute atomic E-state index is 6.42. The van der Waals surface area contributed by atoms with Crippen molar-refractivity contribution in [1.82, 2.24) is 0 Å². The number of benzene rings is 10. The van der Waals surface area contributed by atoms with Crippen molar-refractivity contribution in [2.24, 2.45) is 0 Å². The lowest BCUT2D eigenvalue weighted by Crippen LogP contribution is -2.11. The molecule has 12 rings (SSSR count). The minimum Gasteiger partial charge on any atom is -0.456 e. The van der Waals surface area contributed by atoms with Crippen molar-refractivity contribution in [2.75, 3.05) is 4.90 Å². The molecular formula is C58H37NO2. The Labute approximate surface area is 353 Å². The van der Waals surface area contributed by atoms with E-state index < -0.39 is 0 Å². The molecule has 0 atom stereocenters. The average Bonchev–Trinajstić information content (AvgIpc) is 3.89. The van der Waals surface area contributed by atoms with Crippen LogP contribution in [-0.2, 0) is 0 Å². The van der Waals surface area contributed by atoms with E-state index >= 15 is 0 Å². The minimum atomic E-state index is 0.881. The number of anilines is 3. The first kappa shape index (κ1) is 34.9. The summed E-state index contributed by atoms with van der Waals surface area (Å²) in [6, 6.07) is 80.0. The number of hydrogen-bond acceptors (Lipinski definition) is 3. The highest BCUT2D eigenvalue weighted by atomic mass is 16.3. The van der Waals surface area contributed by atoms with Crippen LogP contribution in [0.3, 0.4) is 0 Å². The van der Waals surface area contributed by atoms with E-state index in [2.05, 4.69) is 217 Å². The third kappa shape index (κ3) is 6.06. The Bertz CT molecular complexity index is 3580. The van der Waals surface area contributed by atoms with Gasteiger partial charge >= 0.3 is 0 Å². The number of nitrogens with zero attached hydrogens (tertiary/aromatic N) is 1. The number of para-hydroxylation sites is 2. The van der Waals surface area contributed by atoms with Crippen molar-refractivity contribution in [2.45, 2.75) is 0 Å². The summed E-state index contributed by atoms with van der Waals surface area (Å²) >= 11 is 0. The lowest BCUT2D eigenvalue weighted by molar-refractivity contribution is 0.669. The third-order valence-electron chi connectivity index (χ3n) is 12.1. The lowest BCUT2D eigenvalue weighted by atomic mass is 9.97. The van der Waals surface area contributed by atoms with Gasteiger partial charge < -0.3 is 13.7 Å². The maximum Gasteiger partial charge on any atom is 0.136 e. The molecule has 0 aliphatic rings. The second kappa shape index (κ2) is 14.3. The summed E-state index contributed by atoms with van der Waals surface area (Å²) in [4.78, 5) is 2.38. The largest absolute Gasteiger partial charge is 0.456 e. The molecule has 0 radical (unpaired) electrons. The monoisotopic (exact) mass is 779 g/mol. The highest BCUT2D eigenvalue weighted by Gasteiger charge is 2.20. The van der Waals surface area contributed by atoms with E-state index in [1.165, 1.54) is 27.5 Å². The molecule has 0 saturated carbocycles. The number of rotatable bonds is 7. The smallest absolute Gasteiger partial charge is 0.136 e. The lowest BCUT2D eigenvalue weighted by Gasteiger charge is -2.28. The summed E-state index contributed by atoms with van der Waals surface area (Å²) in [7, 11) is 0. The minimum absolute atomic E-state index is 0.881. The molecule has 61 heavy (non-hydrogen) atoms. The van der Waals surface area contributed by atoms with E-state index in [0.717, 1.165) is 88.8 Å². The topological polar surface area (TPSA) is 29.5 Å². The van der Waals surface area contributed by atoms with Gasteiger partial charge in [-0.1, -0.05) is 152 Å². The van der Waals surface area contributed by atoms with Crippen molar-refractivity contribution < 1.29 is 8.83 Å². The van der Waals surface area contributed by atoms with Crippen LogP contribution in [0, 0.1) is 0 Å². The Hall–Kier alpha value is -8.14. The molecule has 0 bridgehead atoms. The highest BCUT2D eigenvalue weighted by Crippen LogP contribution is 2.44. The zero-order valence-corrected chi connectivity index (χ0v) is 33.1. The van der Waals surface area contributed by atoms with Gasteiger partial charge in [-0.15, -0.1) is 0 Å². The van der Waals surface area contributed by atoms with Gasteiger partial charge in [-0.3, -0.25) is 0 Å². The SMILES string of the molecule is c1ccc(-c2cccc(-c3ccc(N(c4ccc(-c5cccc6oc7ccccc7c56)cc4)c4ccccc4-c4ccc5oc6cc7ccccc7cc6c5c4)cc3)c2)cc1. The molecule has 0 unspecified atom stereocenters. The van der Waals surface area contributed by atoms with Crippen molar-refractivity contribution in [3.63, 3.8) is 0 Å². The highest BCUT2D eigenvalue weighted by molar-refractivity contribution is 6.13. The van der Waals surface area contributed by atoms with E-state index in [9.17, 15) is 0 Å². The van der Waals surface area contributed by atoms with Gasteiger partial charge in [0.15, 0.2) is 0 Å². The van der Waals surface area contributed by atoms with Gasteiger partial charge in [0.1, 0.15) is 22.3 Å². The molecule has 12 aromatic rings. The van der Waals surface area contributed by atoms with Gasteiger partial charge in [-0.25, -0.2) is 0 Å². The van der Waals surface area contributed by atoms with Crippen molar-refractivity contribution in [3.8, 4) is 44.5 Å². The molecule has 0 aliphatic heterocycles. The molecule has 0 aliphatic carbocycles. The quantitative estimate of drug-likeness (QED) is 0.161. The van der Waals surface area contributed by atoms with Gasteiger partial charge in [0, 0.05) is 38.5 Å². The van der Waals surface area contributed by atoms with Crippen LogP contribution in [0.5, 0.6) is 0 Å². The summed E-state index contributed by atoms with van der Waals surface area (Å²) in [5, 5.41) is 6.85. The van der Waals surface area contributed by atoms with Crippen LogP contribution in [0.2, 0.25) is 0 Å². The molecule has 286 valence electrons. The standard InChI is InChI=1S/C58H37NO2/c1-2-12-38(13-3-1)41-16-10-17-42(34-41)39-24-29-46(30-25-39)59(47-31-26-40(27-32-47)49-20-11-23-56-58(49)50-19-7-9-22-54(50)60-56)53-21-8-6-18-48(53)45-28-33-55-51(36-45)52-35-43-14-4-5-15-44(43)37-57(52)61-55/h1-37H. The second-order valence-electron chi connectivity index (χ2n) is 15.7. The summed E-state index contributed by atoms with van der Waals surface area (Å²) in [5.41, 5.74) is 16.0. The molecule has 0 spiro atoms. The first-order valence-corrected chi connectivity index (χ1v) is 20.7. The Morgan fingerprint density at radius 2 is 0.820 bits per heavy atom. The number of fused-ring (bicyclic) bond motifs is 7. The summed E-state index contributed by atoms with van der Waals surface area (Å²) in [6.07, 6.45) is 0. The predicted octanol–water partition coefficient (Wildman–Crippen LogP) is 16.8. The van der Waals surface area contributed by atoms with Gasteiger partial charge in [0.05, 0.1) is 5.69 Å². The van der Waals surface area contributed by atoms with E-state index in [0.29, 0.717) is 0 Å². The Kier molecular flexibility index (Phi) is 8.17. The Balaban J connectivity index is 0.991. The molecule has 2 heterocycles. The molecule has 0 fully saturated rings. The van der Waals surface area contributed by atoms with Gasteiger partial charge in [0.25, 0.3) is 0 Å². The van der Waals surface area contributed by atoms with Crippen LogP contribution in [0.25, 0.3) is 99.2 Å². The summed E-state index contributed by atoms with van der Waals surface area (Å²) in [5.74, 6) is 0. The predicted molar refractivity (Wildman–Crippen MR) is 255 cm³/mol. The molecule has 10 aromatic carbocycles. The fourth-order valence-corrected chi connectivity index (χ4v) is 9.09. The normalized spacial score (nSPS) is 11.6. The van der Waals surface area contributed by atoms with Crippen LogP contribution in [0.15, 0.2) is 233 Å². The van der Waals surface area contributed by atoms with Crippen LogP contribution in [-0.4, -0.2) is 0 Å². The molecular weight excluding hydrogens is 743 g/mol. The first-order valence-electron chi connectivity index (χ1n) is 20.7. The maximum atomic E-state index is 6.42. The zero-order valence-electron chi connectivity index (χ0n) is 33.1. The Morgan fingerprint density at radius 1 is 0.279 bits per heavy atom. The van der Waals surface area contributed by atoms with Gasteiger partial charge in [-0.2, -0.15) is 0 Å². The van der Waals surface area contributed by atoms with Crippen molar-refractivity contribution in [1.29, 1.82) is 0 Å². The fourth-order valence-electron chi connectivity index (χ4n) is 9.09. The zero-order chi connectivity index (χ0) is 40.3. The van der Waals surface area contributed by atoms with E-state index in [4.69, 9.17) is 8.83 Å². The fraction of sp³-hybridized carbons (Fsp3) is 0. The second-order valence-corrected chi connectivity index (χ2v) is 15.7. The van der Waals surface area contributed by atoms with Crippen LogP contribution in [0.4, 0.5) is 17.1 Å². The van der Waals surface area contributed by atoms with Crippen molar-refractivity contribution >= 4 is 71.7 Å². The van der Waals surface area contributed by atoms with Crippen LogP contribution in [0.1, 0.15) is 0 Å². The van der Waals surface area contributed by atoms with Crippen LogP contribution < -0.4 is 4.90 Å². The molecule has 3 nitrogen and oxygen atoms in total. The number of furan rings is 2. The van der Waals surface area contributed by atoms with Gasteiger partial charge in [-0.05, 0) is 123 Å². The van der Waals surface area contributed by atoms with E-state index in [-0.39, 0.29) is 0 Å². The van der Waals surface area contributed by atoms with Crippen LogP contribution >= 0.6 is 0 Å². The summed E-state index contributed by atoms with van der Waals surface area (Å²) in [6.45, 7) is 0. The molecule has 3 heteroatoms. The molecule has 0 saturated heterocycles. The van der Waals surface area contributed by atoms with E-state index in [1.807, 2.05) is 12.1 Å². The molecule has 0 N–H and O–H groups in total.